The van der Waals surface area contributed by atoms with Crippen molar-refractivity contribution in [2.45, 2.75) is 0 Å². The zero-order valence-corrected chi connectivity index (χ0v) is 17.1. The Bertz CT molecular complexity index is 996. The molecule has 1 heterocycles. The number of hydrogen-bond acceptors (Lipinski definition) is 5. The van der Waals surface area contributed by atoms with Crippen molar-refractivity contribution in [3.05, 3.63) is 67.9 Å². The molecule has 0 radical (unpaired) electrons. The van der Waals surface area contributed by atoms with Gasteiger partial charge in [0.05, 0.1) is 22.1 Å². The lowest BCUT2D eigenvalue weighted by Gasteiger charge is -2.34. The van der Waals surface area contributed by atoms with E-state index in [0.29, 0.717) is 26.2 Å². The van der Waals surface area contributed by atoms with E-state index in [1.165, 1.54) is 30.3 Å². The predicted octanol–water partition coefficient (Wildman–Crippen LogP) is 3.44. The van der Waals surface area contributed by atoms with Gasteiger partial charge >= 0.3 is 0 Å². The largest absolute Gasteiger partial charge is 0.336 e. The minimum Gasteiger partial charge on any atom is -0.336 e. The van der Waals surface area contributed by atoms with Gasteiger partial charge in [0, 0.05) is 37.3 Å². The van der Waals surface area contributed by atoms with Crippen LogP contribution in [0.1, 0.15) is 10.4 Å². The van der Waals surface area contributed by atoms with E-state index >= 15 is 0 Å². The number of anilines is 1. The van der Waals surface area contributed by atoms with Crippen LogP contribution in [0.15, 0.2) is 36.4 Å². The molecule has 0 atom stereocenters. The molecule has 11 heteroatoms. The quantitative estimate of drug-likeness (QED) is 0.551. The van der Waals surface area contributed by atoms with Crippen LogP contribution in [0.2, 0.25) is 10.0 Å². The van der Waals surface area contributed by atoms with E-state index in [1.807, 2.05) is 4.90 Å². The lowest BCUT2D eigenvalue weighted by Crippen LogP contribution is -2.50. The Hall–Kier alpha value is -2.75. The van der Waals surface area contributed by atoms with Crippen LogP contribution in [-0.2, 0) is 4.79 Å². The van der Waals surface area contributed by atoms with Gasteiger partial charge in [0.2, 0.25) is 5.91 Å². The summed E-state index contributed by atoms with van der Waals surface area (Å²) in [7, 11) is 0. The SMILES string of the molecule is O=C(CN1CCN(C(=O)c2ccc(F)cc2Cl)CC1)Nc1ccc(Cl)cc1[N+](=O)[O-]. The molecule has 158 valence electrons. The summed E-state index contributed by atoms with van der Waals surface area (Å²) in [5.41, 5.74) is -0.00378. The molecule has 0 unspecified atom stereocenters. The summed E-state index contributed by atoms with van der Waals surface area (Å²) in [5.74, 6) is -1.24. The summed E-state index contributed by atoms with van der Waals surface area (Å²) in [5, 5.41) is 13.9. The average Bonchev–Trinajstić information content (AvgIpc) is 2.69. The number of hydrogen-bond donors (Lipinski definition) is 1. The minimum absolute atomic E-state index is 0.0130. The number of carbonyl (C=O) groups excluding carboxylic acids is 2. The Labute approximate surface area is 181 Å². The first-order valence-electron chi connectivity index (χ1n) is 8.95. The maximum atomic E-state index is 13.2. The Morgan fingerprint density at radius 2 is 1.80 bits per heavy atom. The van der Waals surface area contributed by atoms with Gasteiger partial charge in [-0.2, -0.15) is 0 Å². The highest BCUT2D eigenvalue weighted by Crippen LogP contribution is 2.27. The Morgan fingerprint density at radius 3 is 2.43 bits per heavy atom. The van der Waals surface area contributed by atoms with Gasteiger partial charge in [-0.3, -0.25) is 24.6 Å². The van der Waals surface area contributed by atoms with Gasteiger partial charge in [-0.15, -0.1) is 0 Å². The van der Waals surface area contributed by atoms with E-state index in [1.54, 1.807) is 4.90 Å². The number of piperazine rings is 1. The van der Waals surface area contributed by atoms with Gasteiger partial charge in [-0.05, 0) is 30.3 Å². The number of nitro groups is 1. The molecule has 1 N–H and O–H groups in total. The molecule has 2 amide bonds. The monoisotopic (exact) mass is 454 g/mol. The summed E-state index contributed by atoms with van der Waals surface area (Å²) in [6.07, 6.45) is 0. The Balaban J connectivity index is 1.55. The molecule has 3 rings (SSSR count). The van der Waals surface area contributed by atoms with Crippen molar-refractivity contribution in [2.24, 2.45) is 0 Å². The van der Waals surface area contributed by atoms with Gasteiger partial charge in [-0.1, -0.05) is 23.2 Å². The smallest absolute Gasteiger partial charge is 0.294 e. The predicted molar refractivity (Wildman–Crippen MR) is 110 cm³/mol. The fourth-order valence-corrected chi connectivity index (χ4v) is 3.51. The van der Waals surface area contributed by atoms with E-state index in [0.717, 1.165) is 6.07 Å². The summed E-state index contributed by atoms with van der Waals surface area (Å²) >= 11 is 11.7. The van der Waals surface area contributed by atoms with Crippen molar-refractivity contribution in [3.63, 3.8) is 0 Å². The van der Waals surface area contributed by atoms with Crippen molar-refractivity contribution >= 4 is 46.4 Å². The maximum absolute atomic E-state index is 13.2. The number of benzene rings is 2. The van der Waals surface area contributed by atoms with Crippen LogP contribution in [0.5, 0.6) is 0 Å². The number of halogens is 3. The molecule has 1 aliphatic heterocycles. The normalized spacial score (nSPS) is 14.4. The highest BCUT2D eigenvalue weighted by Gasteiger charge is 2.25. The number of nitro benzene ring substituents is 1. The lowest BCUT2D eigenvalue weighted by atomic mass is 10.1. The Morgan fingerprint density at radius 1 is 1.10 bits per heavy atom. The third-order valence-electron chi connectivity index (χ3n) is 4.62. The second-order valence-corrected chi connectivity index (χ2v) is 7.50. The van der Waals surface area contributed by atoms with E-state index in [2.05, 4.69) is 5.32 Å². The highest BCUT2D eigenvalue weighted by atomic mass is 35.5. The van der Waals surface area contributed by atoms with Crippen molar-refractivity contribution in [1.29, 1.82) is 0 Å². The molecule has 0 bridgehead atoms. The van der Waals surface area contributed by atoms with Crippen molar-refractivity contribution in [2.75, 3.05) is 38.0 Å². The fourth-order valence-electron chi connectivity index (χ4n) is 3.10. The maximum Gasteiger partial charge on any atom is 0.294 e. The van der Waals surface area contributed by atoms with Crippen LogP contribution in [0.4, 0.5) is 15.8 Å². The number of nitrogens with zero attached hydrogens (tertiary/aromatic N) is 3. The minimum atomic E-state index is -0.619. The van der Waals surface area contributed by atoms with E-state index < -0.39 is 16.6 Å². The molecular weight excluding hydrogens is 438 g/mol. The molecule has 0 saturated carbocycles. The standard InChI is InChI=1S/C19H17Cl2FN4O4/c20-12-1-4-16(17(9-12)26(29)30)23-18(27)11-24-5-7-25(8-6-24)19(28)14-3-2-13(22)10-15(14)21/h1-4,9-10H,5-8,11H2,(H,23,27). The average molecular weight is 455 g/mol. The lowest BCUT2D eigenvalue weighted by molar-refractivity contribution is -0.383. The second kappa shape index (κ2) is 9.38. The van der Waals surface area contributed by atoms with Gasteiger partial charge in [0.1, 0.15) is 11.5 Å². The van der Waals surface area contributed by atoms with Crippen molar-refractivity contribution < 1.29 is 18.9 Å². The van der Waals surface area contributed by atoms with E-state index in [4.69, 9.17) is 23.2 Å². The number of nitrogens with one attached hydrogen (secondary N) is 1. The Kier molecular flexibility index (Phi) is 6.86. The molecule has 1 saturated heterocycles. The van der Waals surface area contributed by atoms with Crippen molar-refractivity contribution in [1.82, 2.24) is 9.80 Å². The molecule has 1 aliphatic rings. The summed E-state index contributed by atoms with van der Waals surface area (Å²) < 4.78 is 13.2. The molecule has 0 aromatic heterocycles. The molecule has 2 aromatic carbocycles. The molecule has 8 nitrogen and oxygen atoms in total. The van der Waals surface area contributed by atoms with E-state index in [9.17, 15) is 24.1 Å². The number of rotatable bonds is 5. The van der Waals surface area contributed by atoms with E-state index in [-0.39, 0.29) is 39.4 Å². The molecule has 2 aromatic rings. The van der Waals surface area contributed by atoms with Gasteiger partial charge in [0.15, 0.2) is 0 Å². The number of carbonyl (C=O) groups is 2. The van der Waals surface area contributed by atoms with Gasteiger partial charge < -0.3 is 10.2 Å². The fraction of sp³-hybridized carbons (Fsp3) is 0.263. The van der Waals surface area contributed by atoms with Gasteiger partial charge in [-0.25, -0.2) is 4.39 Å². The number of amides is 2. The molecule has 0 aliphatic carbocycles. The molecular formula is C19H17Cl2FN4O4. The summed E-state index contributed by atoms with van der Waals surface area (Å²) in [6.45, 7) is 1.60. The van der Waals surface area contributed by atoms with Crippen LogP contribution in [0.3, 0.4) is 0 Å². The van der Waals surface area contributed by atoms with Gasteiger partial charge in [0.25, 0.3) is 11.6 Å². The van der Waals surface area contributed by atoms with Crippen LogP contribution >= 0.6 is 23.2 Å². The zero-order chi connectivity index (χ0) is 21.8. The third-order valence-corrected chi connectivity index (χ3v) is 5.17. The van der Waals surface area contributed by atoms with Crippen LogP contribution in [0.25, 0.3) is 0 Å². The highest BCUT2D eigenvalue weighted by molar-refractivity contribution is 6.33. The molecule has 30 heavy (non-hydrogen) atoms. The summed E-state index contributed by atoms with van der Waals surface area (Å²) in [4.78, 5) is 38.8. The van der Waals surface area contributed by atoms with Crippen LogP contribution in [0, 0.1) is 15.9 Å². The van der Waals surface area contributed by atoms with Crippen molar-refractivity contribution in [3.8, 4) is 0 Å². The molecule has 1 fully saturated rings. The first-order chi connectivity index (χ1) is 14.2. The van der Waals surface area contributed by atoms with Crippen LogP contribution < -0.4 is 5.32 Å². The zero-order valence-electron chi connectivity index (χ0n) is 15.6. The topological polar surface area (TPSA) is 95.8 Å². The molecule has 0 spiro atoms. The summed E-state index contributed by atoms with van der Waals surface area (Å²) in [6, 6.07) is 7.61. The first-order valence-corrected chi connectivity index (χ1v) is 9.70. The third kappa shape index (κ3) is 5.24. The first kappa shape index (κ1) is 21.9. The van der Waals surface area contributed by atoms with Crippen LogP contribution in [-0.4, -0.2) is 59.3 Å². The second-order valence-electron chi connectivity index (χ2n) is 6.66.